The van der Waals surface area contributed by atoms with Gasteiger partial charge >= 0.3 is 0 Å². The molecule has 1 unspecified atom stereocenters. The first-order chi connectivity index (χ1) is 10.2. The maximum atomic E-state index is 4.75. The number of aromatic amines is 1. The largest absolute Gasteiger partial charge is 0.357 e. The summed E-state index contributed by atoms with van der Waals surface area (Å²) in [7, 11) is 2.18. The van der Waals surface area contributed by atoms with E-state index in [4.69, 9.17) is 4.98 Å². The molecule has 1 aromatic carbocycles. The third kappa shape index (κ3) is 1.96. The second-order valence-electron chi connectivity index (χ2n) is 5.90. The average Bonchev–Trinajstić information content (AvgIpc) is 2.85. The van der Waals surface area contributed by atoms with Gasteiger partial charge in [0.05, 0.1) is 11.7 Å². The lowest BCUT2D eigenvalue weighted by Gasteiger charge is -2.32. The van der Waals surface area contributed by atoms with Crippen molar-refractivity contribution in [3.8, 4) is 0 Å². The number of para-hydroxylation sites is 1. The van der Waals surface area contributed by atoms with Crippen molar-refractivity contribution in [2.45, 2.75) is 19.4 Å². The zero-order chi connectivity index (χ0) is 14.4. The Kier molecular flexibility index (Phi) is 2.82. The molecule has 3 heterocycles. The van der Waals surface area contributed by atoms with Gasteiger partial charge in [-0.05, 0) is 44.2 Å². The van der Waals surface area contributed by atoms with Crippen LogP contribution in [0.2, 0.25) is 0 Å². The fourth-order valence-electron chi connectivity index (χ4n) is 3.45. The number of nitrogens with zero attached hydrogens (tertiary/aromatic N) is 2. The summed E-state index contributed by atoms with van der Waals surface area (Å²) in [5.41, 5.74) is 6.20. The number of fused-ring (bicyclic) bond motifs is 3. The molecule has 1 atom stereocenters. The van der Waals surface area contributed by atoms with Crippen LogP contribution in [0.5, 0.6) is 0 Å². The van der Waals surface area contributed by atoms with Crippen LogP contribution in [0, 0.1) is 6.92 Å². The first-order valence-corrected chi connectivity index (χ1v) is 7.47. The lowest BCUT2D eigenvalue weighted by atomic mass is 9.95. The fourth-order valence-corrected chi connectivity index (χ4v) is 3.45. The third-order valence-electron chi connectivity index (χ3n) is 4.47. The molecule has 2 aromatic heterocycles. The molecule has 1 N–H and O–H groups in total. The number of pyridine rings is 1. The summed E-state index contributed by atoms with van der Waals surface area (Å²) in [4.78, 5) is 10.8. The highest BCUT2D eigenvalue weighted by Crippen LogP contribution is 2.36. The zero-order valence-corrected chi connectivity index (χ0v) is 12.4. The summed E-state index contributed by atoms with van der Waals surface area (Å²) in [5.74, 6) is 0. The molecule has 0 aliphatic carbocycles. The molecule has 4 rings (SSSR count). The van der Waals surface area contributed by atoms with Gasteiger partial charge in [0.1, 0.15) is 0 Å². The Labute approximate surface area is 124 Å². The number of likely N-dealkylation sites (N-methyl/N-ethyl adjacent to an activating group) is 1. The number of aryl methyl sites for hydroxylation is 1. The molecule has 3 nitrogen and oxygen atoms in total. The van der Waals surface area contributed by atoms with Crippen LogP contribution in [0.15, 0.2) is 42.5 Å². The van der Waals surface area contributed by atoms with E-state index in [1.165, 1.54) is 22.2 Å². The van der Waals surface area contributed by atoms with E-state index in [9.17, 15) is 0 Å². The average molecular weight is 277 g/mol. The molecule has 3 aromatic rings. The normalized spacial score (nSPS) is 18.9. The van der Waals surface area contributed by atoms with E-state index >= 15 is 0 Å². The van der Waals surface area contributed by atoms with Crippen molar-refractivity contribution in [2.75, 3.05) is 13.6 Å². The molecule has 106 valence electrons. The van der Waals surface area contributed by atoms with E-state index in [2.05, 4.69) is 66.3 Å². The monoisotopic (exact) mass is 277 g/mol. The highest BCUT2D eigenvalue weighted by Gasteiger charge is 2.30. The summed E-state index contributed by atoms with van der Waals surface area (Å²) in [6, 6.07) is 15.1. The van der Waals surface area contributed by atoms with Crippen molar-refractivity contribution in [3.63, 3.8) is 0 Å². The van der Waals surface area contributed by atoms with Crippen molar-refractivity contribution in [1.29, 1.82) is 0 Å². The van der Waals surface area contributed by atoms with Gasteiger partial charge in [-0.15, -0.1) is 0 Å². The van der Waals surface area contributed by atoms with E-state index in [-0.39, 0.29) is 6.04 Å². The van der Waals surface area contributed by atoms with Gasteiger partial charge in [0.15, 0.2) is 0 Å². The Morgan fingerprint density at radius 3 is 2.86 bits per heavy atom. The van der Waals surface area contributed by atoms with Gasteiger partial charge in [-0.3, -0.25) is 9.88 Å². The van der Waals surface area contributed by atoms with Crippen LogP contribution >= 0.6 is 0 Å². The second kappa shape index (κ2) is 4.71. The first kappa shape index (κ1) is 12.6. The number of aromatic nitrogens is 2. The van der Waals surface area contributed by atoms with Gasteiger partial charge in [0.2, 0.25) is 0 Å². The Balaban J connectivity index is 1.93. The summed E-state index contributed by atoms with van der Waals surface area (Å²) in [5, 5.41) is 1.36. The maximum Gasteiger partial charge on any atom is 0.0928 e. The zero-order valence-electron chi connectivity index (χ0n) is 12.4. The molecule has 0 radical (unpaired) electrons. The van der Waals surface area contributed by atoms with Gasteiger partial charge in [-0.1, -0.05) is 24.3 Å². The molecule has 0 saturated heterocycles. The van der Waals surface area contributed by atoms with Gasteiger partial charge in [-0.25, -0.2) is 0 Å². The number of rotatable bonds is 1. The Morgan fingerprint density at radius 2 is 2.00 bits per heavy atom. The van der Waals surface area contributed by atoms with Gasteiger partial charge in [-0.2, -0.15) is 0 Å². The van der Waals surface area contributed by atoms with Crippen LogP contribution in [-0.4, -0.2) is 28.5 Å². The topological polar surface area (TPSA) is 31.9 Å². The highest BCUT2D eigenvalue weighted by atomic mass is 15.2. The molecule has 1 aliphatic rings. The number of nitrogens with one attached hydrogen (secondary N) is 1. The van der Waals surface area contributed by atoms with Crippen molar-refractivity contribution in [2.24, 2.45) is 0 Å². The Bertz CT molecular complexity index is 803. The molecule has 3 heteroatoms. The summed E-state index contributed by atoms with van der Waals surface area (Å²) < 4.78 is 0. The highest BCUT2D eigenvalue weighted by molar-refractivity contribution is 5.85. The fraction of sp³-hybridized carbons (Fsp3) is 0.278. The minimum Gasteiger partial charge on any atom is -0.357 e. The van der Waals surface area contributed by atoms with Crippen molar-refractivity contribution in [3.05, 3.63) is 65.1 Å². The molecule has 0 fully saturated rings. The van der Waals surface area contributed by atoms with Crippen LogP contribution in [0.3, 0.4) is 0 Å². The number of hydrogen-bond donors (Lipinski definition) is 1. The summed E-state index contributed by atoms with van der Waals surface area (Å²) >= 11 is 0. The predicted octanol–water partition coefficient (Wildman–Crippen LogP) is 3.45. The van der Waals surface area contributed by atoms with Crippen LogP contribution in [-0.2, 0) is 6.42 Å². The summed E-state index contributed by atoms with van der Waals surface area (Å²) in [6.45, 7) is 3.12. The lowest BCUT2D eigenvalue weighted by molar-refractivity contribution is 0.257. The molecule has 0 spiro atoms. The number of benzene rings is 1. The molecule has 0 bridgehead atoms. The third-order valence-corrected chi connectivity index (χ3v) is 4.47. The van der Waals surface area contributed by atoms with E-state index in [1.54, 1.807) is 0 Å². The first-order valence-electron chi connectivity index (χ1n) is 7.47. The van der Waals surface area contributed by atoms with E-state index in [1.807, 2.05) is 0 Å². The standard InChI is InChI=1S/C18H19N3/c1-12-6-5-9-16(19-12)18-17-14(10-11-21(18)2)13-7-3-4-8-15(13)20-17/h3-9,18,20H,10-11H2,1-2H3. The van der Waals surface area contributed by atoms with Crippen LogP contribution in [0.4, 0.5) is 0 Å². The lowest BCUT2D eigenvalue weighted by Crippen LogP contribution is -2.33. The van der Waals surface area contributed by atoms with Crippen LogP contribution in [0.1, 0.15) is 28.7 Å². The van der Waals surface area contributed by atoms with Gasteiger partial charge in [0.25, 0.3) is 0 Å². The minimum atomic E-state index is 0.223. The second-order valence-corrected chi connectivity index (χ2v) is 5.90. The quantitative estimate of drug-likeness (QED) is 0.739. The molecular formula is C18H19N3. The van der Waals surface area contributed by atoms with Crippen LogP contribution < -0.4 is 0 Å². The number of H-pyrrole nitrogens is 1. The van der Waals surface area contributed by atoms with Crippen molar-refractivity contribution < 1.29 is 0 Å². The smallest absolute Gasteiger partial charge is 0.0928 e. The molecule has 0 saturated carbocycles. The van der Waals surface area contributed by atoms with Gasteiger partial charge < -0.3 is 4.98 Å². The summed E-state index contributed by atoms with van der Waals surface area (Å²) in [6.07, 6.45) is 1.10. The maximum absolute atomic E-state index is 4.75. The van der Waals surface area contributed by atoms with Crippen molar-refractivity contribution >= 4 is 10.9 Å². The van der Waals surface area contributed by atoms with E-state index < -0.39 is 0 Å². The molecule has 0 amide bonds. The Morgan fingerprint density at radius 1 is 1.14 bits per heavy atom. The van der Waals surface area contributed by atoms with E-state index in [0.29, 0.717) is 0 Å². The van der Waals surface area contributed by atoms with E-state index in [0.717, 1.165) is 24.4 Å². The molecule has 1 aliphatic heterocycles. The SMILES string of the molecule is Cc1cccc(C2c3[nH]c4ccccc4c3CCN2C)n1. The van der Waals surface area contributed by atoms with Crippen molar-refractivity contribution in [1.82, 2.24) is 14.9 Å². The minimum absolute atomic E-state index is 0.223. The molecule has 21 heavy (non-hydrogen) atoms. The van der Waals surface area contributed by atoms with Gasteiger partial charge in [0, 0.05) is 28.8 Å². The molecular weight excluding hydrogens is 258 g/mol. The number of hydrogen-bond acceptors (Lipinski definition) is 2. The predicted molar refractivity (Wildman–Crippen MR) is 85.4 cm³/mol. The Hall–Kier alpha value is -2.13. The van der Waals surface area contributed by atoms with Crippen LogP contribution in [0.25, 0.3) is 10.9 Å².